The fourth-order valence-electron chi connectivity index (χ4n) is 1.59. The molecule has 0 heterocycles. The highest BCUT2D eigenvalue weighted by atomic mass is 19.1. The van der Waals surface area contributed by atoms with E-state index in [0.717, 1.165) is 12.1 Å². The zero-order valence-corrected chi connectivity index (χ0v) is 10.3. The van der Waals surface area contributed by atoms with Crippen molar-refractivity contribution in [1.29, 1.82) is 0 Å². The molecule has 0 unspecified atom stereocenters. The zero-order chi connectivity index (χ0) is 14.5. The first kappa shape index (κ1) is 13.9. The Balaban J connectivity index is 1.92. The third kappa shape index (κ3) is 3.74. The van der Waals surface area contributed by atoms with E-state index in [1.54, 1.807) is 6.07 Å². The second kappa shape index (κ2) is 6.10. The Kier molecular flexibility index (Phi) is 4.24. The van der Waals surface area contributed by atoms with Gasteiger partial charge in [0.25, 0.3) is 0 Å². The van der Waals surface area contributed by atoms with E-state index in [2.05, 4.69) is 10.6 Å². The second-order valence-corrected chi connectivity index (χ2v) is 4.06. The maximum atomic E-state index is 13.3. The summed E-state index contributed by atoms with van der Waals surface area (Å²) in [5, 5.41) is 4.68. The molecule has 6 heteroatoms. The van der Waals surface area contributed by atoms with Gasteiger partial charge in [-0.2, -0.15) is 0 Å². The van der Waals surface area contributed by atoms with Crippen LogP contribution in [0.5, 0.6) is 0 Å². The lowest BCUT2D eigenvalue weighted by Gasteiger charge is -2.08. The highest BCUT2D eigenvalue weighted by Crippen LogP contribution is 2.14. The molecule has 2 aromatic carbocycles. The average Bonchev–Trinajstić information content (AvgIpc) is 2.40. The van der Waals surface area contributed by atoms with Crippen LogP contribution in [0, 0.1) is 17.5 Å². The van der Waals surface area contributed by atoms with E-state index >= 15 is 0 Å². The van der Waals surface area contributed by atoms with Crippen LogP contribution in [0.2, 0.25) is 0 Å². The van der Waals surface area contributed by atoms with Crippen LogP contribution < -0.4 is 10.6 Å². The van der Waals surface area contributed by atoms with Gasteiger partial charge in [-0.25, -0.2) is 18.0 Å². The summed E-state index contributed by atoms with van der Waals surface area (Å²) in [6.07, 6.45) is 0. The Labute approximate surface area is 113 Å². The minimum Gasteiger partial charge on any atom is -0.334 e. The van der Waals surface area contributed by atoms with Gasteiger partial charge in [-0.3, -0.25) is 0 Å². The van der Waals surface area contributed by atoms with Crippen LogP contribution in [0.25, 0.3) is 0 Å². The van der Waals surface area contributed by atoms with Crippen LogP contribution in [0.1, 0.15) is 5.56 Å². The van der Waals surface area contributed by atoms with Gasteiger partial charge in [-0.1, -0.05) is 12.1 Å². The normalized spacial score (nSPS) is 10.2. The summed E-state index contributed by atoms with van der Waals surface area (Å²) in [7, 11) is 0. The molecule has 2 aromatic rings. The van der Waals surface area contributed by atoms with Gasteiger partial charge in [0.2, 0.25) is 0 Å². The minimum absolute atomic E-state index is 0.0897. The van der Waals surface area contributed by atoms with E-state index in [1.807, 2.05) is 0 Å². The van der Waals surface area contributed by atoms with Crippen molar-refractivity contribution in [3.05, 3.63) is 65.5 Å². The van der Waals surface area contributed by atoms with Gasteiger partial charge < -0.3 is 10.6 Å². The number of benzene rings is 2. The minimum atomic E-state index is -0.870. The number of carbonyl (C=O) groups is 1. The Morgan fingerprint density at radius 1 is 1.00 bits per heavy atom. The molecule has 2 N–H and O–H groups in total. The molecule has 0 spiro atoms. The lowest BCUT2D eigenvalue weighted by Crippen LogP contribution is -2.28. The third-order valence-corrected chi connectivity index (χ3v) is 2.52. The van der Waals surface area contributed by atoms with Crippen LogP contribution in [0.15, 0.2) is 42.5 Å². The molecule has 0 fully saturated rings. The highest BCUT2D eigenvalue weighted by molar-refractivity contribution is 5.89. The summed E-state index contributed by atoms with van der Waals surface area (Å²) < 4.78 is 38.9. The van der Waals surface area contributed by atoms with Crippen molar-refractivity contribution >= 4 is 11.7 Å². The predicted octanol–water partition coefficient (Wildman–Crippen LogP) is 3.43. The van der Waals surface area contributed by atoms with Crippen LogP contribution in [0.3, 0.4) is 0 Å². The first-order chi connectivity index (χ1) is 9.54. The number of hydrogen-bond donors (Lipinski definition) is 2. The number of amides is 2. The maximum absolute atomic E-state index is 13.3. The topological polar surface area (TPSA) is 41.1 Å². The summed E-state index contributed by atoms with van der Waals surface area (Å²) in [5.41, 5.74) is 0.433. The van der Waals surface area contributed by atoms with Gasteiger partial charge in [0.15, 0.2) is 0 Å². The lowest BCUT2D eigenvalue weighted by molar-refractivity contribution is 0.251. The lowest BCUT2D eigenvalue weighted by atomic mass is 10.2. The van der Waals surface area contributed by atoms with Gasteiger partial charge in [0.1, 0.15) is 17.5 Å². The first-order valence-electron chi connectivity index (χ1n) is 5.79. The summed E-state index contributed by atoms with van der Waals surface area (Å²) in [6, 6.07) is 7.88. The molecule has 0 saturated heterocycles. The van der Waals surface area contributed by atoms with Gasteiger partial charge in [0, 0.05) is 12.6 Å². The molecule has 3 nitrogen and oxygen atoms in total. The van der Waals surface area contributed by atoms with E-state index in [1.165, 1.54) is 18.2 Å². The number of halogens is 3. The molecular weight excluding hydrogens is 269 g/mol. The first-order valence-corrected chi connectivity index (χ1v) is 5.79. The Bertz CT molecular complexity index is 632. The number of rotatable bonds is 3. The molecule has 20 heavy (non-hydrogen) atoms. The Morgan fingerprint density at radius 2 is 1.75 bits per heavy atom. The molecule has 0 aromatic heterocycles. The Hall–Kier alpha value is -2.50. The molecule has 2 rings (SSSR count). The van der Waals surface area contributed by atoms with Crippen molar-refractivity contribution in [2.45, 2.75) is 6.54 Å². The van der Waals surface area contributed by atoms with Crippen LogP contribution in [-0.4, -0.2) is 6.03 Å². The van der Waals surface area contributed by atoms with E-state index in [9.17, 15) is 18.0 Å². The summed E-state index contributed by atoms with van der Waals surface area (Å²) in [4.78, 5) is 11.5. The summed E-state index contributed by atoms with van der Waals surface area (Å²) >= 11 is 0. The van der Waals surface area contributed by atoms with Gasteiger partial charge in [-0.05, 0) is 29.8 Å². The van der Waals surface area contributed by atoms with E-state index < -0.39 is 23.5 Å². The molecule has 104 valence electrons. The average molecular weight is 280 g/mol. The van der Waals surface area contributed by atoms with Crippen LogP contribution in [-0.2, 0) is 6.54 Å². The fourth-order valence-corrected chi connectivity index (χ4v) is 1.59. The molecule has 0 aliphatic carbocycles. The van der Waals surface area contributed by atoms with Crippen LogP contribution in [0.4, 0.5) is 23.7 Å². The smallest absolute Gasteiger partial charge is 0.319 e. The quantitative estimate of drug-likeness (QED) is 0.888. The number of urea groups is 1. The predicted molar refractivity (Wildman–Crippen MR) is 68.6 cm³/mol. The van der Waals surface area contributed by atoms with E-state index in [0.29, 0.717) is 11.6 Å². The molecule has 0 aliphatic heterocycles. The molecule has 0 aliphatic rings. The maximum Gasteiger partial charge on any atom is 0.319 e. The SMILES string of the molecule is O=C(NCc1cccc(F)c1)Nc1ccc(F)cc1F. The van der Waals surface area contributed by atoms with Crippen molar-refractivity contribution in [3.8, 4) is 0 Å². The Morgan fingerprint density at radius 3 is 2.45 bits per heavy atom. The largest absolute Gasteiger partial charge is 0.334 e. The molecule has 0 saturated carbocycles. The third-order valence-electron chi connectivity index (χ3n) is 2.52. The molecule has 0 radical (unpaired) electrons. The van der Waals surface area contributed by atoms with Gasteiger partial charge >= 0.3 is 6.03 Å². The summed E-state index contributed by atoms with van der Waals surface area (Å²) in [5.74, 6) is -2.01. The van der Waals surface area contributed by atoms with Crippen LogP contribution >= 0.6 is 0 Å². The summed E-state index contributed by atoms with van der Waals surface area (Å²) in [6.45, 7) is 0.0897. The van der Waals surface area contributed by atoms with Gasteiger partial charge in [-0.15, -0.1) is 0 Å². The fraction of sp³-hybridized carbons (Fsp3) is 0.0714. The van der Waals surface area contributed by atoms with E-state index in [-0.39, 0.29) is 12.2 Å². The van der Waals surface area contributed by atoms with Crippen molar-refractivity contribution < 1.29 is 18.0 Å². The number of hydrogen-bond acceptors (Lipinski definition) is 1. The monoisotopic (exact) mass is 280 g/mol. The van der Waals surface area contributed by atoms with Gasteiger partial charge in [0.05, 0.1) is 5.69 Å². The van der Waals surface area contributed by atoms with Crippen molar-refractivity contribution in [2.75, 3.05) is 5.32 Å². The molecule has 2 amide bonds. The van der Waals surface area contributed by atoms with Crippen molar-refractivity contribution in [2.24, 2.45) is 0 Å². The number of nitrogens with one attached hydrogen (secondary N) is 2. The second-order valence-electron chi connectivity index (χ2n) is 4.06. The molecular formula is C14H11F3N2O. The standard InChI is InChI=1S/C14H11F3N2O/c15-10-3-1-2-9(6-10)8-18-14(20)19-13-5-4-11(16)7-12(13)17/h1-7H,8H2,(H2,18,19,20). The molecule has 0 atom stereocenters. The number of anilines is 1. The number of carbonyl (C=O) groups excluding carboxylic acids is 1. The van der Waals surface area contributed by atoms with E-state index in [4.69, 9.17) is 0 Å². The highest BCUT2D eigenvalue weighted by Gasteiger charge is 2.07. The van der Waals surface area contributed by atoms with Crippen molar-refractivity contribution in [3.63, 3.8) is 0 Å². The molecule has 0 bridgehead atoms. The zero-order valence-electron chi connectivity index (χ0n) is 10.3. The van der Waals surface area contributed by atoms with Crippen molar-refractivity contribution in [1.82, 2.24) is 5.32 Å².